The van der Waals surface area contributed by atoms with Crippen LogP contribution in [0, 0.1) is 13.8 Å². The summed E-state index contributed by atoms with van der Waals surface area (Å²) in [6, 6.07) is 0. The van der Waals surface area contributed by atoms with Gasteiger partial charge in [0.2, 0.25) is 5.91 Å². The average Bonchev–Trinajstić information content (AvgIpc) is 2.88. The van der Waals surface area contributed by atoms with Crippen LogP contribution in [0.3, 0.4) is 0 Å². The molecule has 7 nitrogen and oxygen atoms in total. The van der Waals surface area contributed by atoms with Gasteiger partial charge in [0.05, 0.1) is 5.39 Å². The first-order chi connectivity index (χ1) is 10.3. The van der Waals surface area contributed by atoms with Gasteiger partial charge in [0.15, 0.2) is 5.65 Å². The summed E-state index contributed by atoms with van der Waals surface area (Å²) >= 11 is 1.59. The first-order valence-corrected chi connectivity index (χ1v) is 7.80. The average molecular weight is 319 g/mol. The molecule has 0 saturated carbocycles. The SMILES string of the molecule is Cc1sc2nc(C(C)C)n3c(=O)n(CC(N)=O)nc3c2c1C. The third kappa shape index (κ3) is 2.02. The zero-order chi connectivity index (χ0) is 16.2. The molecule has 0 aliphatic rings. The standard InChI is InChI=1S/C14H17N5O2S/c1-6(2)11-16-13-10(7(3)8(4)22-13)12-17-18(5-9(15)20)14(21)19(11)12/h6H,5H2,1-4H3,(H2,15,20). The summed E-state index contributed by atoms with van der Waals surface area (Å²) in [6.07, 6.45) is 0. The Morgan fingerprint density at radius 3 is 2.64 bits per heavy atom. The maximum Gasteiger partial charge on any atom is 0.352 e. The fraction of sp³-hybridized carbons (Fsp3) is 0.429. The first-order valence-electron chi connectivity index (χ1n) is 6.98. The fourth-order valence-corrected chi connectivity index (χ4v) is 3.55. The van der Waals surface area contributed by atoms with Crippen LogP contribution >= 0.6 is 11.3 Å². The van der Waals surface area contributed by atoms with Crippen LogP contribution in [0.4, 0.5) is 0 Å². The fourth-order valence-electron chi connectivity index (χ4n) is 2.52. The lowest BCUT2D eigenvalue weighted by molar-refractivity contribution is -0.118. The number of fused-ring (bicyclic) bond motifs is 3. The van der Waals surface area contributed by atoms with Gasteiger partial charge in [-0.15, -0.1) is 16.4 Å². The summed E-state index contributed by atoms with van der Waals surface area (Å²) in [7, 11) is 0. The molecular formula is C14H17N5O2S. The third-order valence-corrected chi connectivity index (χ3v) is 4.80. The van der Waals surface area contributed by atoms with Crippen LogP contribution in [0.15, 0.2) is 4.79 Å². The van der Waals surface area contributed by atoms with Gasteiger partial charge in [-0.25, -0.2) is 18.9 Å². The van der Waals surface area contributed by atoms with Gasteiger partial charge in [-0.3, -0.25) is 4.79 Å². The highest BCUT2D eigenvalue weighted by molar-refractivity contribution is 7.18. The molecule has 0 saturated heterocycles. The molecule has 3 heterocycles. The predicted molar refractivity (Wildman–Crippen MR) is 85.4 cm³/mol. The Morgan fingerprint density at radius 2 is 2.05 bits per heavy atom. The van der Waals surface area contributed by atoms with Crippen LogP contribution < -0.4 is 11.4 Å². The van der Waals surface area contributed by atoms with Crippen molar-refractivity contribution in [2.24, 2.45) is 5.73 Å². The number of rotatable bonds is 3. The molecule has 1 amide bonds. The maximum atomic E-state index is 12.6. The third-order valence-electron chi connectivity index (χ3n) is 3.70. The number of nitrogens with two attached hydrogens (primary N) is 1. The smallest absolute Gasteiger partial charge is 0.352 e. The van der Waals surface area contributed by atoms with Crippen molar-refractivity contribution in [3.05, 3.63) is 26.7 Å². The van der Waals surface area contributed by atoms with Crippen LogP contribution in [-0.2, 0) is 11.3 Å². The molecule has 0 unspecified atom stereocenters. The van der Waals surface area contributed by atoms with Crippen LogP contribution in [0.2, 0.25) is 0 Å². The van der Waals surface area contributed by atoms with E-state index in [-0.39, 0.29) is 18.2 Å². The van der Waals surface area contributed by atoms with Crippen molar-refractivity contribution in [2.75, 3.05) is 0 Å². The Hall–Kier alpha value is -2.22. The number of aryl methyl sites for hydroxylation is 2. The van der Waals surface area contributed by atoms with Crippen LogP contribution in [-0.4, -0.2) is 25.1 Å². The van der Waals surface area contributed by atoms with E-state index in [1.807, 2.05) is 27.7 Å². The van der Waals surface area contributed by atoms with Crippen molar-refractivity contribution >= 4 is 33.1 Å². The Morgan fingerprint density at radius 1 is 1.36 bits per heavy atom. The maximum absolute atomic E-state index is 12.6. The zero-order valence-electron chi connectivity index (χ0n) is 12.9. The van der Waals surface area contributed by atoms with E-state index in [9.17, 15) is 9.59 Å². The topological polar surface area (TPSA) is 95.3 Å². The highest BCUT2D eigenvalue weighted by Gasteiger charge is 2.21. The summed E-state index contributed by atoms with van der Waals surface area (Å²) in [5, 5.41) is 5.20. The largest absolute Gasteiger partial charge is 0.368 e. The quantitative estimate of drug-likeness (QED) is 0.788. The number of carbonyl (C=O) groups excluding carboxylic acids is 1. The summed E-state index contributed by atoms with van der Waals surface area (Å²) in [6.45, 7) is 7.72. The van der Waals surface area contributed by atoms with Gasteiger partial charge in [-0.05, 0) is 19.4 Å². The molecule has 8 heteroatoms. The number of thiophene rings is 1. The van der Waals surface area contributed by atoms with Gasteiger partial charge in [0, 0.05) is 10.8 Å². The van der Waals surface area contributed by atoms with Crippen molar-refractivity contribution in [1.29, 1.82) is 0 Å². The molecular weight excluding hydrogens is 302 g/mol. The second-order valence-corrected chi connectivity index (χ2v) is 6.86. The van der Waals surface area contributed by atoms with Crippen molar-refractivity contribution in [3.63, 3.8) is 0 Å². The lowest BCUT2D eigenvalue weighted by Crippen LogP contribution is -2.29. The van der Waals surface area contributed by atoms with Gasteiger partial charge in [-0.1, -0.05) is 13.8 Å². The van der Waals surface area contributed by atoms with Crippen LogP contribution in [0.5, 0.6) is 0 Å². The minimum absolute atomic E-state index is 0.0542. The van der Waals surface area contributed by atoms with E-state index in [4.69, 9.17) is 5.73 Å². The van der Waals surface area contributed by atoms with E-state index in [1.54, 1.807) is 11.3 Å². The lowest BCUT2D eigenvalue weighted by atomic mass is 10.2. The Balaban J connectivity index is 2.51. The molecule has 0 aromatic carbocycles. The van der Waals surface area contributed by atoms with E-state index in [0.717, 1.165) is 25.3 Å². The molecule has 116 valence electrons. The molecule has 3 rings (SSSR count). The van der Waals surface area contributed by atoms with Crippen molar-refractivity contribution in [2.45, 2.75) is 40.2 Å². The zero-order valence-corrected chi connectivity index (χ0v) is 13.7. The second kappa shape index (κ2) is 4.91. The van der Waals surface area contributed by atoms with Crippen molar-refractivity contribution in [3.8, 4) is 0 Å². The summed E-state index contributed by atoms with van der Waals surface area (Å²) in [5.41, 5.74) is 6.42. The predicted octanol–water partition coefficient (Wildman–Crippen LogP) is 1.33. The van der Waals surface area contributed by atoms with Crippen molar-refractivity contribution < 1.29 is 4.79 Å². The Kier molecular flexibility index (Phi) is 3.28. The molecule has 3 aromatic rings. The number of primary amides is 1. The normalized spacial score (nSPS) is 11.9. The van der Waals surface area contributed by atoms with Crippen LogP contribution in [0.1, 0.15) is 36.0 Å². The molecule has 0 bridgehead atoms. The minimum Gasteiger partial charge on any atom is -0.368 e. The number of nitrogens with zero attached hydrogens (tertiary/aromatic N) is 4. The van der Waals surface area contributed by atoms with Gasteiger partial charge in [-0.2, -0.15) is 0 Å². The van der Waals surface area contributed by atoms with Gasteiger partial charge in [0.25, 0.3) is 0 Å². The molecule has 0 atom stereocenters. The Labute approximate surface area is 130 Å². The van der Waals surface area contributed by atoms with E-state index >= 15 is 0 Å². The number of hydrogen-bond donors (Lipinski definition) is 1. The summed E-state index contributed by atoms with van der Waals surface area (Å²) in [5.74, 6) is 0.0991. The molecule has 2 N–H and O–H groups in total. The minimum atomic E-state index is -0.598. The summed E-state index contributed by atoms with van der Waals surface area (Å²) < 4.78 is 2.60. The number of amides is 1. The van der Waals surface area contributed by atoms with Crippen LogP contribution in [0.25, 0.3) is 15.9 Å². The second-order valence-electron chi connectivity index (χ2n) is 5.65. The number of aromatic nitrogens is 4. The molecule has 0 spiro atoms. The molecule has 0 aliphatic carbocycles. The summed E-state index contributed by atoms with van der Waals surface area (Å²) in [4.78, 5) is 30.4. The molecule has 22 heavy (non-hydrogen) atoms. The Bertz CT molecular complexity index is 963. The molecule has 3 aromatic heterocycles. The van der Waals surface area contributed by atoms with E-state index in [2.05, 4.69) is 10.1 Å². The van der Waals surface area contributed by atoms with Gasteiger partial charge in [0.1, 0.15) is 17.2 Å². The molecule has 0 radical (unpaired) electrons. The number of hydrogen-bond acceptors (Lipinski definition) is 5. The lowest BCUT2D eigenvalue weighted by Gasteiger charge is -2.07. The number of carbonyl (C=O) groups is 1. The van der Waals surface area contributed by atoms with Gasteiger partial charge < -0.3 is 5.73 Å². The van der Waals surface area contributed by atoms with E-state index < -0.39 is 5.91 Å². The highest BCUT2D eigenvalue weighted by Crippen LogP contribution is 2.32. The molecule has 0 aliphatic heterocycles. The highest BCUT2D eigenvalue weighted by atomic mass is 32.1. The van der Waals surface area contributed by atoms with Crippen molar-refractivity contribution in [1.82, 2.24) is 19.2 Å². The van der Waals surface area contributed by atoms with Gasteiger partial charge >= 0.3 is 5.69 Å². The monoisotopic (exact) mass is 319 g/mol. The van der Waals surface area contributed by atoms with E-state index in [0.29, 0.717) is 11.5 Å². The first kappa shape index (κ1) is 14.7. The molecule has 0 fully saturated rings. The van der Waals surface area contributed by atoms with E-state index in [1.165, 1.54) is 4.40 Å².